The summed E-state index contributed by atoms with van der Waals surface area (Å²) in [6.45, 7) is 3.76. The third-order valence-electron chi connectivity index (χ3n) is 1.91. The highest BCUT2D eigenvalue weighted by molar-refractivity contribution is 5.85. The zero-order valence-corrected chi connectivity index (χ0v) is 8.88. The number of rotatable bonds is 7. The number of ketones is 1. The monoisotopic (exact) mass is 198 g/mol. The molecule has 0 atom stereocenters. The van der Waals surface area contributed by atoms with Crippen LogP contribution in [0.1, 0.15) is 46.0 Å². The first-order valence-corrected chi connectivity index (χ1v) is 4.98. The molecule has 0 spiro atoms. The average molecular weight is 198 g/mol. The van der Waals surface area contributed by atoms with Gasteiger partial charge in [0, 0.05) is 18.9 Å². The first-order valence-electron chi connectivity index (χ1n) is 4.98. The topological polar surface area (TPSA) is 54.4 Å². The molecule has 80 valence electrons. The van der Waals surface area contributed by atoms with Crippen molar-refractivity contribution in [2.75, 3.05) is 0 Å². The molecule has 0 saturated heterocycles. The number of hydrogen-bond donors (Lipinski definition) is 1. The molecular weight excluding hydrogens is 180 g/mol. The van der Waals surface area contributed by atoms with E-state index in [9.17, 15) is 9.59 Å². The summed E-state index contributed by atoms with van der Waals surface area (Å²) in [7, 11) is 0. The third kappa shape index (κ3) is 7.53. The van der Waals surface area contributed by atoms with Gasteiger partial charge in [-0.3, -0.25) is 4.79 Å². The molecule has 0 fully saturated rings. The molecule has 0 bridgehead atoms. The maximum Gasteiger partial charge on any atom is 0.328 e. The third-order valence-corrected chi connectivity index (χ3v) is 1.91. The lowest BCUT2D eigenvalue weighted by atomic mass is 10.1. The van der Waals surface area contributed by atoms with Crippen LogP contribution in [0.3, 0.4) is 0 Å². The van der Waals surface area contributed by atoms with Gasteiger partial charge in [0.1, 0.15) is 5.78 Å². The van der Waals surface area contributed by atoms with Crippen LogP contribution in [0.2, 0.25) is 0 Å². The summed E-state index contributed by atoms with van der Waals surface area (Å²) in [5.74, 6) is -0.850. The number of carboxylic acid groups (broad SMARTS) is 1. The van der Waals surface area contributed by atoms with E-state index in [1.54, 1.807) is 6.92 Å². The van der Waals surface area contributed by atoms with Gasteiger partial charge >= 0.3 is 5.97 Å². The maximum atomic E-state index is 11.3. The van der Waals surface area contributed by atoms with Crippen LogP contribution in [0.5, 0.6) is 0 Å². The lowest BCUT2D eigenvalue weighted by Crippen LogP contribution is -2.00. The van der Waals surface area contributed by atoms with Gasteiger partial charge in [0.05, 0.1) is 0 Å². The minimum absolute atomic E-state index is 0.133. The molecule has 0 aliphatic carbocycles. The number of Topliss-reactive ketones (excluding diaryl/α,β-unsaturated/α-hetero) is 1. The Bertz CT molecular complexity index is 229. The van der Waals surface area contributed by atoms with Crippen LogP contribution in [0.4, 0.5) is 0 Å². The summed E-state index contributed by atoms with van der Waals surface area (Å²) in [4.78, 5) is 21.5. The van der Waals surface area contributed by atoms with Crippen LogP contribution >= 0.6 is 0 Å². The van der Waals surface area contributed by atoms with E-state index in [-0.39, 0.29) is 12.2 Å². The zero-order chi connectivity index (χ0) is 11.0. The zero-order valence-electron chi connectivity index (χ0n) is 8.88. The summed E-state index contributed by atoms with van der Waals surface area (Å²) >= 11 is 0. The minimum atomic E-state index is -0.983. The molecule has 0 aromatic heterocycles. The summed E-state index contributed by atoms with van der Waals surface area (Å²) < 4.78 is 0. The quantitative estimate of drug-likeness (QED) is 0.505. The summed E-state index contributed by atoms with van der Waals surface area (Å²) in [5, 5.41) is 8.42. The first kappa shape index (κ1) is 12.9. The van der Waals surface area contributed by atoms with E-state index < -0.39 is 5.97 Å². The normalized spacial score (nSPS) is 11.4. The van der Waals surface area contributed by atoms with E-state index in [0.29, 0.717) is 12.0 Å². The Morgan fingerprint density at radius 1 is 1.29 bits per heavy atom. The average Bonchev–Trinajstić information content (AvgIpc) is 2.02. The van der Waals surface area contributed by atoms with E-state index in [4.69, 9.17) is 5.11 Å². The molecule has 3 heteroatoms. The Balaban J connectivity index is 3.77. The van der Waals surface area contributed by atoms with Crippen LogP contribution in [0.25, 0.3) is 0 Å². The van der Waals surface area contributed by atoms with Gasteiger partial charge in [-0.25, -0.2) is 4.79 Å². The summed E-state index contributed by atoms with van der Waals surface area (Å²) in [5.41, 5.74) is 0.624. The van der Waals surface area contributed by atoms with E-state index in [2.05, 4.69) is 6.92 Å². The molecular formula is C11H18O3. The Labute approximate surface area is 84.8 Å². The van der Waals surface area contributed by atoms with Gasteiger partial charge in [-0.05, 0) is 13.3 Å². The second kappa shape index (κ2) is 7.30. The smallest absolute Gasteiger partial charge is 0.328 e. The first-order chi connectivity index (χ1) is 6.56. The molecule has 0 unspecified atom stereocenters. The molecule has 0 aromatic carbocycles. The molecule has 0 saturated carbocycles. The second-order valence-electron chi connectivity index (χ2n) is 3.50. The van der Waals surface area contributed by atoms with Crippen LogP contribution in [0.15, 0.2) is 11.6 Å². The molecule has 0 aromatic rings. The van der Waals surface area contributed by atoms with Crippen LogP contribution in [-0.4, -0.2) is 16.9 Å². The Morgan fingerprint density at radius 3 is 2.43 bits per heavy atom. The Morgan fingerprint density at radius 2 is 1.93 bits per heavy atom. The van der Waals surface area contributed by atoms with Gasteiger partial charge in [-0.2, -0.15) is 0 Å². The van der Waals surface area contributed by atoms with Crippen molar-refractivity contribution in [3.63, 3.8) is 0 Å². The molecule has 3 nitrogen and oxygen atoms in total. The maximum absolute atomic E-state index is 11.3. The van der Waals surface area contributed by atoms with Gasteiger partial charge < -0.3 is 5.11 Å². The lowest BCUT2D eigenvalue weighted by molar-refractivity contribution is -0.131. The number of allylic oxidation sites excluding steroid dienone is 1. The molecule has 0 heterocycles. The standard InChI is InChI=1S/C11H18O3/c1-3-4-5-6-10(12)7-9(2)8-11(13)14/h8H,3-7H2,1-2H3,(H,13,14)/b9-8+. The number of hydrogen-bond acceptors (Lipinski definition) is 2. The minimum Gasteiger partial charge on any atom is -0.478 e. The fourth-order valence-corrected chi connectivity index (χ4v) is 1.23. The van der Waals surface area contributed by atoms with Gasteiger partial charge in [0.2, 0.25) is 0 Å². The van der Waals surface area contributed by atoms with Crippen molar-refractivity contribution in [2.45, 2.75) is 46.0 Å². The fourth-order valence-electron chi connectivity index (χ4n) is 1.23. The highest BCUT2D eigenvalue weighted by Crippen LogP contribution is 2.07. The van der Waals surface area contributed by atoms with Crippen molar-refractivity contribution in [1.82, 2.24) is 0 Å². The van der Waals surface area contributed by atoms with Crippen LogP contribution in [0, 0.1) is 0 Å². The summed E-state index contributed by atoms with van der Waals surface area (Å²) in [6.07, 6.45) is 5.01. The van der Waals surface area contributed by atoms with E-state index in [1.807, 2.05) is 0 Å². The number of carbonyl (C=O) groups is 2. The van der Waals surface area contributed by atoms with Crippen molar-refractivity contribution in [2.24, 2.45) is 0 Å². The predicted octanol–water partition coefficient (Wildman–Crippen LogP) is 2.56. The van der Waals surface area contributed by atoms with Crippen LogP contribution < -0.4 is 0 Å². The SMILES string of the molecule is CCCCCC(=O)C/C(C)=C/C(=O)O. The van der Waals surface area contributed by atoms with E-state index in [1.165, 1.54) is 0 Å². The lowest BCUT2D eigenvalue weighted by Gasteiger charge is -1.99. The number of unbranched alkanes of at least 4 members (excludes halogenated alkanes) is 2. The number of aliphatic carboxylic acids is 1. The van der Waals surface area contributed by atoms with E-state index >= 15 is 0 Å². The highest BCUT2D eigenvalue weighted by Gasteiger charge is 2.03. The molecule has 0 amide bonds. The van der Waals surface area contributed by atoms with Crippen LogP contribution in [-0.2, 0) is 9.59 Å². The van der Waals surface area contributed by atoms with Gasteiger partial charge in [-0.1, -0.05) is 25.3 Å². The van der Waals surface area contributed by atoms with Crippen molar-refractivity contribution in [1.29, 1.82) is 0 Å². The van der Waals surface area contributed by atoms with Crippen molar-refractivity contribution >= 4 is 11.8 Å². The summed E-state index contributed by atoms with van der Waals surface area (Å²) in [6, 6.07) is 0. The van der Waals surface area contributed by atoms with Crippen molar-refractivity contribution in [3.05, 3.63) is 11.6 Å². The second-order valence-corrected chi connectivity index (χ2v) is 3.50. The largest absolute Gasteiger partial charge is 0.478 e. The van der Waals surface area contributed by atoms with Gasteiger partial charge in [-0.15, -0.1) is 0 Å². The Hall–Kier alpha value is -1.12. The number of carboxylic acids is 1. The van der Waals surface area contributed by atoms with E-state index in [0.717, 1.165) is 25.3 Å². The highest BCUT2D eigenvalue weighted by atomic mass is 16.4. The fraction of sp³-hybridized carbons (Fsp3) is 0.636. The molecule has 0 aliphatic heterocycles. The Kier molecular flexibility index (Phi) is 6.72. The van der Waals surface area contributed by atoms with Gasteiger partial charge in [0.25, 0.3) is 0 Å². The van der Waals surface area contributed by atoms with Crippen molar-refractivity contribution in [3.8, 4) is 0 Å². The van der Waals surface area contributed by atoms with Gasteiger partial charge in [0.15, 0.2) is 0 Å². The molecule has 0 radical (unpaired) electrons. The predicted molar refractivity (Wildman–Crippen MR) is 55.2 cm³/mol. The molecule has 0 rings (SSSR count). The molecule has 1 N–H and O–H groups in total. The number of carbonyl (C=O) groups excluding carboxylic acids is 1. The molecule has 14 heavy (non-hydrogen) atoms. The molecule has 0 aliphatic rings. The van der Waals surface area contributed by atoms with Crippen molar-refractivity contribution < 1.29 is 14.7 Å².